The third-order valence-electron chi connectivity index (χ3n) is 2.43. The molecule has 16 heavy (non-hydrogen) atoms. The third-order valence-corrected chi connectivity index (χ3v) is 4.21. The monoisotopic (exact) mass is 296 g/mol. The second-order valence-corrected chi connectivity index (χ2v) is 5.38. The second-order valence-electron chi connectivity index (χ2n) is 3.52. The molecule has 0 saturated heterocycles. The zero-order valence-electron chi connectivity index (χ0n) is 8.91. The molecule has 2 rings (SSSR count). The molecule has 0 radical (unpaired) electrons. The van der Waals surface area contributed by atoms with Gasteiger partial charge in [0.05, 0.1) is 6.04 Å². The number of benzene rings is 1. The van der Waals surface area contributed by atoms with Gasteiger partial charge < -0.3 is 11.1 Å². The van der Waals surface area contributed by atoms with E-state index in [1.807, 2.05) is 19.2 Å². The fourth-order valence-electron chi connectivity index (χ4n) is 1.54. The standard InChI is InChI=1S/C12H13BrN2S/c1-15-10-4-2-3-8(5-10)12(14)11-6-9(13)7-16-11/h2-7,12,15H,14H2,1H3. The van der Waals surface area contributed by atoms with E-state index in [9.17, 15) is 0 Å². The molecule has 0 bridgehead atoms. The van der Waals surface area contributed by atoms with Crippen LogP contribution in [0.4, 0.5) is 5.69 Å². The Hall–Kier alpha value is -0.840. The van der Waals surface area contributed by atoms with Crippen molar-refractivity contribution >= 4 is 33.0 Å². The summed E-state index contributed by atoms with van der Waals surface area (Å²) in [6.07, 6.45) is 0. The van der Waals surface area contributed by atoms with Crippen molar-refractivity contribution in [1.29, 1.82) is 0 Å². The summed E-state index contributed by atoms with van der Waals surface area (Å²) in [5.41, 5.74) is 8.43. The number of anilines is 1. The average Bonchev–Trinajstić information content (AvgIpc) is 2.75. The van der Waals surface area contributed by atoms with Crippen molar-refractivity contribution in [2.24, 2.45) is 5.73 Å². The van der Waals surface area contributed by atoms with Crippen molar-refractivity contribution < 1.29 is 0 Å². The quantitative estimate of drug-likeness (QED) is 0.908. The van der Waals surface area contributed by atoms with E-state index in [1.54, 1.807) is 11.3 Å². The van der Waals surface area contributed by atoms with Gasteiger partial charge in [0.1, 0.15) is 0 Å². The van der Waals surface area contributed by atoms with Gasteiger partial charge in [0.25, 0.3) is 0 Å². The average molecular weight is 297 g/mol. The number of hydrogen-bond acceptors (Lipinski definition) is 3. The Morgan fingerprint density at radius 1 is 1.38 bits per heavy atom. The summed E-state index contributed by atoms with van der Waals surface area (Å²) in [7, 11) is 1.91. The first-order valence-corrected chi connectivity index (χ1v) is 6.65. The molecule has 84 valence electrons. The van der Waals surface area contributed by atoms with Crippen LogP contribution in [0.2, 0.25) is 0 Å². The number of halogens is 1. The van der Waals surface area contributed by atoms with Crippen LogP contribution in [0.15, 0.2) is 40.2 Å². The molecule has 1 atom stereocenters. The molecule has 0 aliphatic rings. The number of thiophene rings is 1. The summed E-state index contributed by atoms with van der Waals surface area (Å²) in [6.45, 7) is 0. The van der Waals surface area contributed by atoms with Crippen molar-refractivity contribution in [2.45, 2.75) is 6.04 Å². The molecule has 2 aromatic rings. The van der Waals surface area contributed by atoms with Gasteiger partial charge in [0, 0.05) is 27.5 Å². The fourth-order valence-corrected chi connectivity index (χ4v) is 3.02. The zero-order valence-corrected chi connectivity index (χ0v) is 11.3. The van der Waals surface area contributed by atoms with Gasteiger partial charge in [-0.05, 0) is 39.7 Å². The fraction of sp³-hybridized carbons (Fsp3) is 0.167. The Balaban J connectivity index is 2.29. The smallest absolute Gasteiger partial charge is 0.0647 e. The van der Waals surface area contributed by atoms with Crippen LogP contribution in [0, 0.1) is 0 Å². The Kier molecular flexibility index (Phi) is 3.63. The largest absolute Gasteiger partial charge is 0.388 e. The van der Waals surface area contributed by atoms with Crippen LogP contribution in [-0.2, 0) is 0 Å². The molecule has 1 aromatic carbocycles. The van der Waals surface area contributed by atoms with E-state index in [-0.39, 0.29) is 6.04 Å². The van der Waals surface area contributed by atoms with E-state index < -0.39 is 0 Å². The van der Waals surface area contributed by atoms with Crippen molar-refractivity contribution in [1.82, 2.24) is 0 Å². The van der Waals surface area contributed by atoms with Gasteiger partial charge >= 0.3 is 0 Å². The first-order valence-electron chi connectivity index (χ1n) is 4.98. The van der Waals surface area contributed by atoms with Gasteiger partial charge in [0.2, 0.25) is 0 Å². The molecule has 1 unspecified atom stereocenters. The number of nitrogens with one attached hydrogen (secondary N) is 1. The van der Waals surface area contributed by atoms with Crippen molar-refractivity contribution in [2.75, 3.05) is 12.4 Å². The van der Waals surface area contributed by atoms with E-state index in [4.69, 9.17) is 5.73 Å². The van der Waals surface area contributed by atoms with Gasteiger partial charge in [-0.15, -0.1) is 11.3 Å². The summed E-state index contributed by atoms with van der Waals surface area (Å²) >= 11 is 5.12. The predicted molar refractivity (Wildman–Crippen MR) is 74.0 cm³/mol. The van der Waals surface area contributed by atoms with Crippen molar-refractivity contribution in [3.05, 3.63) is 50.6 Å². The van der Waals surface area contributed by atoms with Gasteiger partial charge in [-0.3, -0.25) is 0 Å². The lowest BCUT2D eigenvalue weighted by Gasteiger charge is -2.11. The minimum atomic E-state index is -0.0513. The van der Waals surface area contributed by atoms with Gasteiger partial charge in [-0.25, -0.2) is 0 Å². The Morgan fingerprint density at radius 2 is 2.19 bits per heavy atom. The van der Waals surface area contributed by atoms with Gasteiger partial charge in [-0.1, -0.05) is 12.1 Å². The molecule has 3 N–H and O–H groups in total. The molecule has 0 aliphatic heterocycles. The maximum atomic E-state index is 6.22. The van der Waals surface area contributed by atoms with E-state index in [2.05, 4.69) is 44.8 Å². The molecule has 0 fully saturated rings. The number of hydrogen-bond donors (Lipinski definition) is 2. The highest BCUT2D eigenvalue weighted by molar-refractivity contribution is 9.10. The topological polar surface area (TPSA) is 38.0 Å². The number of rotatable bonds is 3. The van der Waals surface area contributed by atoms with Crippen LogP contribution in [0.25, 0.3) is 0 Å². The highest BCUT2D eigenvalue weighted by Crippen LogP contribution is 2.29. The SMILES string of the molecule is CNc1cccc(C(N)c2cc(Br)cs2)c1. The first-order chi connectivity index (χ1) is 7.70. The van der Waals surface area contributed by atoms with Crippen molar-refractivity contribution in [3.63, 3.8) is 0 Å². The molecule has 0 spiro atoms. The highest BCUT2D eigenvalue weighted by atomic mass is 79.9. The predicted octanol–water partition coefficient (Wildman–Crippen LogP) is 3.60. The summed E-state index contributed by atoms with van der Waals surface area (Å²) in [6, 6.07) is 10.2. The normalized spacial score (nSPS) is 12.4. The molecule has 4 heteroatoms. The van der Waals surface area contributed by atoms with Gasteiger partial charge in [0.15, 0.2) is 0 Å². The molecule has 0 aliphatic carbocycles. The van der Waals surface area contributed by atoms with Crippen LogP contribution >= 0.6 is 27.3 Å². The maximum Gasteiger partial charge on any atom is 0.0647 e. The zero-order chi connectivity index (χ0) is 11.5. The minimum Gasteiger partial charge on any atom is -0.388 e. The van der Waals surface area contributed by atoms with E-state index in [0.717, 1.165) is 15.7 Å². The Bertz CT molecular complexity index is 481. The molecule has 1 aromatic heterocycles. The lowest BCUT2D eigenvalue weighted by Crippen LogP contribution is -2.10. The van der Waals surface area contributed by atoms with Crippen LogP contribution in [0.5, 0.6) is 0 Å². The maximum absolute atomic E-state index is 6.22. The van der Waals surface area contributed by atoms with Gasteiger partial charge in [-0.2, -0.15) is 0 Å². The summed E-state index contributed by atoms with van der Waals surface area (Å²) < 4.78 is 1.09. The molecule has 0 amide bonds. The molecular weight excluding hydrogens is 284 g/mol. The first kappa shape index (κ1) is 11.6. The molecular formula is C12H13BrN2S. The van der Waals surface area contributed by atoms with E-state index in [0.29, 0.717) is 0 Å². The third kappa shape index (κ3) is 2.45. The minimum absolute atomic E-state index is 0.0513. The van der Waals surface area contributed by atoms with Crippen LogP contribution in [-0.4, -0.2) is 7.05 Å². The van der Waals surface area contributed by atoms with Crippen LogP contribution in [0.1, 0.15) is 16.5 Å². The Labute approximate surface area is 108 Å². The molecule has 1 heterocycles. The second kappa shape index (κ2) is 4.99. The lowest BCUT2D eigenvalue weighted by atomic mass is 10.1. The van der Waals surface area contributed by atoms with Crippen LogP contribution in [0.3, 0.4) is 0 Å². The van der Waals surface area contributed by atoms with E-state index >= 15 is 0 Å². The van der Waals surface area contributed by atoms with Crippen LogP contribution < -0.4 is 11.1 Å². The lowest BCUT2D eigenvalue weighted by molar-refractivity contribution is 0.893. The van der Waals surface area contributed by atoms with Crippen molar-refractivity contribution in [3.8, 4) is 0 Å². The summed E-state index contributed by atoms with van der Waals surface area (Å²) in [5.74, 6) is 0. The van der Waals surface area contributed by atoms with E-state index in [1.165, 1.54) is 4.88 Å². The summed E-state index contributed by atoms with van der Waals surface area (Å²) in [4.78, 5) is 1.17. The molecule has 2 nitrogen and oxygen atoms in total. The summed E-state index contributed by atoms with van der Waals surface area (Å²) in [5, 5.41) is 5.17. The number of nitrogens with two attached hydrogens (primary N) is 1. The highest BCUT2D eigenvalue weighted by Gasteiger charge is 2.11. The Morgan fingerprint density at radius 3 is 2.81 bits per heavy atom. The molecule has 0 saturated carbocycles.